The van der Waals surface area contributed by atoms with Crippen LogP contribution >= 0.6 is 0 Å². The third-order valence-corrected chi connectivity index (χ3v) is 3.72. The first-order chi connectivity index (χ1) is 13.2. The number of carbonyl (C=O) groups excluding carboxylic acids is 2. The van der Waals surface area contributed by atoms with Crippen LogP contribution in [0.2, 0.25) is 0 Å². The third-order valence-electron chi connectivity index (χ3n) is 3.72. The molecule has 2 heterocycles. The predicted octanol–water partition coefficient (Wildman–Crippen LogP) is -1.66. The zero-order valence-corrected chi connectivity index (χ0v) is 15.3. The van der Waals surface area contributed by atoms with Crippen LogP contribution < -0.4 is 31.3 Å². The first-order valence-electron chi connectivity index (χ1n) is 8.97. The van der Waals surface area contributed by atoms with E-state index in [1.165, 1.54) is 12.1 Å². The van der Waals surface area contributed by atoms with E-state index in [9.17, 15) is 9.59 Å². The Balaban J connectivity index is 2.12. The summed E-state index contributed by atoms with van der Waals surface area (Å²) in [6, 6.07) is 2.95. The Labute approximate surface area is 159 Å². The number of pyridine rings is 1. The number of nitrogens with one attached hydrogen (secondary N) is 5. The molecule has 146 valence electrons. The summed E-state index contributed by atoms with van der Waals surface area (Å²) in [5.41, 5.74) is 0.214. The van der Waals surface area contributed by atoms with Crippen LogP contribution in [0.3, 0.4) is 0 Å². The van der Waals surface area contributed by atoms with Crippen LogP contribution in [0.4, 0.5) is 0 Å². The summed E-state index contributed by atoms with van der Waals surface area (Å²) in [7, 11) is 0. The number of aromatic nitrogens is 1. The van der Waals surface area contributed by atoms with Crippen LogP contribution in [0.15, 0.2) is 12.1 Å². The molecule has 0 unspecified atom stereocenters. The third kappa shape index (κ3) is 7.62. The van der Waals surface area contributed by atoms with Gasteiger partial charge in [0.2, 0.25) is 0 Å². The van der Waals surface area contributed by atoms with Crippen LogP contribution in [-0.4, -0.2) is 75.8 Å². The van der Waals surface area contributed by atoms with Gasteiger partial charge in [0, 0.05) is 64.5 Å². The highest BCUT2D eigenvalue weighted by atomic mass is 16.5. The number of hydrogen-bond donors (Lipinski definition) is 5. The van der Waals surface area contributed by atoms with Crippen molar-refractivity contribution >= 4 is 11.8 Å². The summed E-state index contributed by atoms with van der Waals surface area (Å²) < 4.78 is 5.38. The van der Waals surface area contributed by atoms with E-state index in [0.29, 0.717) is 31.9 Å². The number of ether oxygens (including phenoxy) is 1. The van der Waals surface area contributed by atoms with Gasteiger partial charge in [0.15, 0.2) is 0 Å². The van der Waals surface area contributed by atoms with Gasteiger partial charge >= 0.3 is 0 Å². The molecule has 1 aromatic rings. The summed E-state index contributed by atoms with van der Waals surface area (Å²) in [5, 5.41) is 15.3. The van der Waals surface area contributed by atoms with Gasteiger partial charge in [0.1, 0.15) is 23.7 Å². The fraction of sp³-hybridized carbons (Fsp3) is 0.500. The number of amides is 2. The van der Waals surface area contributed by atoms with Gasteiger partial charge < -0.3 is 31.3 Å². The first kappa shape index (κ1) is 20.6. The van der Waals surface area contributed by atoms with Gasteiger partial charge in [-0.25, -0.2) is 4.98 Å². The van der Waals surface area contributed by atoms with Crippen LogP contribution in [0, 0.1) is 12.3 Å². The molecule has 0 fully saturated rings. The van der Waals surface area contributed by atoms with Crippen LogP contribution in [0.1, 0.15) is 21.0 Å². The van der Waals surface area contributed by atoms with Crippen molar-refractivity contribution in [2.45, 2.75) is 0 Å². The number of fused-ring (bicyclic) bond motifs is 2. The molecule has 0 aliphatic carbocycles. The molecule has 5 N–H and O–H groups in total. The maximum Gasteiger partial charge on any atom is 0.270 e. The minimum Gasteiger partial charge on any atom is -0.481 e. The average Bonchev–Trinajstić information content (AvgIpc) is 2.68. The molecular formula is C18H26N6O3. The van der Waals surface area contributed by atoms with E-state index >= 15 is 0 Å². The van der Waals surface area contributed by atoms with Crippen LogP contribution in [0.25, 0.3) is 0 Å². The lowest BCUT2D eigenvalue weighted by Crippen LogP contribution is -2.38. The van der Waals surface area contributed by atoms with Crippen molar-refractivity contribution in [3.63, 3.8) is 0 Å². The Morgan fingerprint density at radius 3 is 1.74 bits per heavy atom. The van der Waals surface area contributed by atoms with Crippen molar-refractivity contribution in [2.75, 3.05) is 59.0 Å². The summed E-state index contributed by atoms with van der Waals surface area (Å²) in [6.45, 7) is 5.48. The first-order valence-corrected chi connectivity index (χ1v) is 8.97. The van der Waals surface area contributed by atoms with Crippen molar-refractivity contribution in [1.82, 2.24) is 31.6 Å². The monoisotopic (exact) mass is 374 g/mol. The van der Waals surface area contributed by atoms with Gasteiger partial charge in [-0.15, -0.1) is 6.42 Å². The number of nitrogens with zero attached hydrogens (tertiary/aromatic N) is 1. The Bertz CT molecular complexity index is 629. The van der Waals surface area contributed by atoms with E-state index in [2.05, 4.69) is 37.5 Å². The predicted molar refractivity (Wildman–Crippen MR) is 102 cm³/mol. The molecule has 0 saturated heterocycles. The minimum absolute atomic E-state index is 0.0357. The zero-order chi connectivity index (χ0) is 19.3. The second-order valence-corrected chi connectivity index (χ2v) is 5.83. The fourth-order valence-corrected chi connectivity index (χ4v) is 2.38. The summed E-state index contributed by atoms with van der Waals surface area (Å²) >= 11 is 0. The van der Waals surface area contributed by atoms with E-state index in [1.807, 2.05) is 0 Å². The standard InChI is InChI=1S/C18H26N6O3/c1-2-11-27-14-12-15-17(25)22-9-7-20-5-3-19-4-6-21-8-10-23-18(26)16(13-14)24-15/h1,12-13,19-21H,3-11H2,(H,22,25)(H,23,26). The molecule has 0 saturated carbocycles. The van der Waals surface area contributed by atoms with Gasteiger partial charge in [-0.3, -0.25) is 9.59 Å². The summed E-state index contributed by atoms with van der Waals surface area (Å²) in [4.78, 5) is 28.9. The number of rotatable bonds is 2. The second kappa shape index (κ2) is 11.9. The van der Waals surface area contributed by atoms with E-state index in [4.69, 9.17) is 11.2 Å². The number of hydrogen-bond acceptors (Lipinski definition) is 7. The average molecular weight is 374 g/mol. The molecule has 1 aliphatic rings. The molecule has 9 heteroatoms. The van der Waals surface area contributed by atoms with Gasteiger partial charge in [-0.1, -0.05) is 5.92 Å². The highest BCUT2D eigenvalue weighted by molar-refractivity contribution is 5.97. The lowest BCUT2D eigenvalue weighted by atomic mass is 10.2. The zero-order valence-electron chi connectivity index (χ0n) is 15.3. The molecule has 0 spiro atoms. The van der Waals surface area contributed by atoms with Gasteiger partial charge in [-0.2, -0.15) is 0 Å². The molecule has 0 atom stereocenters. The van der Waals surface area contributed by atoms with E-state index in [-0.39, 0.29) is 29.8 Å². The van der Waals surface area contributed by atoms with Crippen LogP contribution in [0.5, 0.6) is 5.75 Å². The number of carbonyl (C=O) groups is 2. The molecule has 2 rings (SSSR count). The van der Waals surface area contributed by atoms with E-state index in [0.717, 1.165) is 26.2 Å². The maximum absolute atomic E-state index is 12.4. The van der Waals surface area contributed by atoms with Crippen molar-refractivity contribution in [1.29, 1.82) is 0 Å². The van der Waals surface area contributed by atoms with Gasteiger partial charge in [0.25, 0.3) is 11.8 Å². The molecule has 1 aliphatic heterocycles. The molecule has 27 heavy (non-hydrogen) atoms. The van der Waals surface area contributed by atoms with Crippen molar-refractivity contribution in [3.05, 3.63) is 23.5 Å². The molecule has 2 bridgehead atoms. The fourth-order valence-electron chi connectivity index (χ4n) is 2.38. The second-order valence-electron chi connectivity index (χ2n) is 5.83. The van der Waals surface area contributed by atoms with Crippen molar-refractivity contribution < 1.29 is 14.3 Å². The van der Waals surface area contributed by atoms with Crippen LogP contribution in [-0.2, 0) is 0 Å². The summed E-state index contributed by atoms with van der Waals surface area (Å²) in [6.07, 6.45) is 5.21. The molecular weight excluding hydrogens is 348 g/mol. The Hall–Kier alpha value is -2.67. The molecule has 9 nitrogen and oxygen atoms in total. The highest BCUT2D eigenvalue weighted by Crippen LogP contribution is 2.14. The number of terminal acetylenes is 1. The largest absolute Gasteiger partial charge is 0.481 e. The molecule has 0 aromatic carbocycles. The lowest BCUT2D eigenvalue weighted by molar-refractivity contribution is 0.0943. The Kier molecular flexibility index (Phi) is 9.06. The van der Waals surface area contributed by atoms with Gasteiger partial charge in [-0.05, 0) is 0 Å². The normalized spacial score (nSPS) is 17.6. The van der Waals surface area contributed by atoms with E-state index in [1.54, 1.807) is 0 Å². The maximum atomic E-state index is 12.4. The molecule has 1 aromatic heterocycles. The quantitative estimate of drug-likeness (QED) is 0.393. The minimum atomic E-state index is -0.377. The smallest absolute Gasteiger partial charge is 0.270 e. The Morgan fingerprint density at radius 1 is 0.852 bits per heavy atom. The lowest BCUT2D eigenvalue weighted by Gasteiger charge is -2.12. The molecule has 2 amide bonds. The van der Waals surface area contributed by atoms with Gasteiger partial charge in [0.05, 0.1) is 0 Å². The Morgan fingerprint density at radius 2 is 1.30 bits per heavy atom. The topological polar surface area (TPSA) is 116 Å². The molecule has 0 radical (unpaired) electrons. The van der Waals surface area contributed by atoms with E-state index < -0.39 is 0 Å². The van der Waals surface area contributed by atoms with Crippen molar-refractivity contribution in [3.8, 4) is 18.1 Å². The van der Waals surface area contributed by atoms with Crippen molar-refractivity contribution in [2.24, 2.45) is 0 Å². The highest BCUT2D eigenvalue weighted by Gasteiger charge is 2.15. The SMILES string of the molecule is C#CCOc1cc2nc(c1)C(=O)NCCNCCNCCNCCNC2=O. The summed E-state index contributed by atoms with van der Waals surface area (Å²) in [5.74, 6) is 1.93.